The molecular formula is C24H30F3N3O6S2. The van der Waals surface area contributed by atoms with E-state index in [1.807, 2.05) is 6.92 Å². The van der Waals surface area contributed by atoms with Crippen molar-refractivity contribution in [1.29, 1.82) is 0 Å². The van der Waals surface area contributed by atoms with Gasteiger partial charge in [-0.25, -0.2) is 21.6 Å². The Balaban J connectivity index is 0.000000304. The number of primary amides is 1. The molecule has 210 valence electrons. The highest BCUT2D eigenvalue weighted by Crippen LogP contribution is 2.42. The first-order valence-electron chi connectivity index (χ1n) is 11.8. The third-order valence-corrected chi connectivity index (χ3v) is 9.57. The number of sulfonamides is 1. The summed E-state index contributed by atoms with van der Waals surface area (Å²) in [5, 5.41) is 0. The molecule has 38 heavy (non-hydrogen) atoms. The lowest BCUT2D eigenvalue weighted by Crippen LogP contribution is -2.51. The number of rotatable bonds is 7. The standard InChI is InChI=1S/C17H22F3N3O3S.C7H8O3S/c18-13-7-15(20)14(19)5-9(13)6-16(21)10-3-11-1-2-12(4-10)23(11)27(25,26)8-17(22)24;1-6-2-4-7(5-3-6)11(8,9)10/h5,7,10-12,16H,1-4,6,8,21H2,(H2,22,24);2-5H,1H3,(H,8,9,10)/t10?,11?,12?,16-;/m1./s1. The second kappa shape index (κ2) is 11.7. The lowest BCUT2D eigenvalue weighted by atomic mass is 9.83. The molecule has 0 aromatic heterocycles. The maximum Gasteiger partial charge on any atom is 0.294 e. The van der Waals surface area contributed by atoms with E-state index < -0.39 is 55.3 Å². The second-order valence-corrected chi connectivity index (χ2v) is 13.0. The van der Waals surface area contributed by atoms with Gasteiger partial charge in [0.15, 0.2) is 11.6 Å². The molecule has 9 nitrogen and oxygen atoms in total. The maximum absolute atomic E-state index is 13.9. The number of amides is 1. The van der Waals surface area contributed by atoms with E-state index >= 15 is 0 Å². The smallest absolute Gasteiger partial charge is 0.294 e. The minimum absolute atomic E-state index is 0.00229. The van der Waals surface area contributed by atoms with Crippen LogP contribution in [0.5, 0.6) is 0 Å². The average molecular weight is 578 g/mol. The number of hydrogen-bond acceptors (Lipinski definition) is 6. The molecule has 2 heterocycles. The van der Waals surface area contributed by atoms with Crippen molar-refractivity contribution in [3.8, 4) is 0 Å². The van der Waals surface area contributed by atoms with Gasteiger partial charge in [-0.15, -0.1) is 0 Å². The van der Waals surface area contributed by atoms with Crippen molar-refractivity contribution in [2.75, 3.05) is 5.75 Å². The number of fused-ring (bicyclic) bond motifs is 2. The largest absolute Gasteiger partial charge is 0.369 e. The maximum atomic E-state index is 13.9. The van der Waals surface area contributed by atoms with Crippen LogP contribution >= 0.6 is 0 Å². The lowest BCUT2D eigenvalue weighted by Gasteiger charge is -2.39. The van der Waals surface area contributed by atoms with Crippen LogP contribution in [0.4, 0.5) is 13.2 Å². The summed E-state index contributed by atoms with van der Waals surface area (Å²) in [6, 6.07) is 6.22. The third-order valence-electron chi connectivity index (χ3n) is 6.82. The number of benzene rings is 2. The molecule has 3 atom stereocenters. The van der Waals surface area contributed by atoms with E-state index in [-0.39, 0.29) is 34.9 Å². The van der Waals surface area contributed by atoms with E-state index in [0.717, 1.165) is 11.6 Å². The number of carbonyl (C=O) groups is 1. The van der Waals surface area contributed by atoms with Crippen LogP contribution in [0.15, 0.2) is 41.3 Å². The quantitative estimate of drug-likeness (QED) is 0.336. The fourth-order valence-electron chi connectivity index (χ4n) is 5.09. The molecule has 14 heteroatoms. The molecule has 2 aromatic rings. The van der Waals surface area contributed by atoms with Crippen LogP contribution in [0.3, 0.4) is 0 Å². The average Bonchev–Trinajstić information content (AvgIpc) is 3.08. The highest BCUT2D eigenvalue weighted by molar-refractivity contribution is 7.89. The van der Waals surface area contributed by atoms with Gasteiger partial charge in [0.25, 0.3) is 10.1 Å². The monoisotopic (exact) mass is 577 g/mol. The number of halogens is 3. The molecule has 0 spiro atoms. The molecule has 2 aromatic carbocycles. The minimum atomic E-state index is -4.02. The molecule has 1 amide bonds. The Morgan fingerprint density at radius 1 is 1.00 bits per heavy atom. The molecule has 0 aliphatic carbocycles. The molecular weight excluding hydrogens is 547 g/mol. The van der Waals surface area contributed by atoms with Crippen molar-refractivity contribution in [3.05, 3.63) is 65.0 Å². The summed E-state index contributed by atoms with van der Waals surface area (Å²) in [5.74, 6) is -4.95. The molecule has 2 bridgehead atoms. The topological polar surface area (TPSA) is 161 Å². The summed E-state index contributed by atoms with van der Waals surface area (Å²) in [7, 11) is -7.80. The fraction of sp³-hybridized carbons (Fsp3) is 0.458. The van der Waals surface area contributed by atoms with Crippen molar-refractivity contribution in [2.45, 2.75) is 62.0 Å². The van der Waals surface area contributed by atoms with Crippen LogP contribution in [0, 0.1) is 30.3 Å². The van der Waals surface area contributed by atoms with E-state index in [1.165, 1.54) is 16.4 Å². The van der Waals surface area contributed by atoms with Crippen molar-refractivity contribution in [1.82, 2.24) is 4.31 Å². The van der Waals surface area contributed by atoms with E-state index in [1.54, 1.807) is 12.1 Å². The highest BCUT2D eigenvalue weighted by Gasteiger charge is 2.48. The first-order valence-corrected chi connectivity index (χ1v) is 14.9. The van der Waals surface area contributed by atoms with Crippen molar-refractivity contribution >= 4 is 26.0 Å². The van der Waals surface area contributed by atoms with Crippen molar-refractivity contribution < 1.29 is 39.4 Å². The molecule has 2 unspecified atom stereocenters. The Labute approximate surface area is 219 Å². The Hall–Kier alpha value is -2.52. The summed E-state index contributed by atoms with van der Waals surface area (Å²) in [4.78, 5) is 11.0. The van der Waals surface area contributed by atoms with Crippen LogP contribution in [0.1, 0.15) is 36.8 Å². The third kappa shape index (κ3) is 7.32. The predicted octanol–water partition coefficient (Wildman–Crippen LogP) is 2.27. The van der Waals surface area contributed by atoms with Gasteiger partial charge in [0.2, 0.25) is 15.9 Å². The highest BCUT2D eigenvalue weighted by atomic mass is 32.2. The zero-order chi connectivity index (χ0) is 28.4. The predicted molar refractivity (Wildman–Crippen MR) is 133 cm³/mol. The molecule has 5 N–H and O–H groups in total. The molecule has 2 aliphatic heterocycles. The summed E-state index contributed by atoms with van der Waals surface area (Å²) >= 11 is 0. The number of aryl methyl sites for hydroxylation is 1. The summed E-state index contributed by atoms with van der Waals surface area (Å²) < 4.78 is 96.1. The van der Waals surface area contributed by atoms with Gasteiger partial charge in [-0.1, -0.05) is 17.7 Å². The summed E-state index contributed by atoms with van der Waals surface area (Å²) in [6.07, 6.45) is 2.29. The SMILES string of the molecule is Cc1ccc(S(=O)(=O)O)cc1.NC(=O)CS(=O)(=O)N1C2CCC1CC([C@H](N)Cc1cc(F)c(F)cc1F)C2. The Bertz CT molecular complexity index is 1370. The van der Waals surface area contributed by atoms with Crippen LogP contribution in [-0.2, 0) is 31.4 Å². The molecule has 4 rings (SSSR count). The van der Waals surface area contributed by atoms with Gasteiger partial charge in [-0.3, -0.25) is 9.35 Å². The second-order valence-electron chi connectivity index (χ2n) is 9.68. The van der Waals surface area contributed by atoms with Crippen molar-refractivity contribution in [3.63, 3.8) is 0 Å². The van der Waals surface area contributed by atoms with Gasteiger partial charge < -0.3 is 11.5 Å². The van der Waals surface area contributed by atoms with Crippen LogP contribution in [0.25, 0.3) is 0 Å². The lowest BCUT2D eigenvalue weighted by molar-refractivity contribution is -0.115. The zero-order valence-corrected chi connectivity index (χ0v) is 22.2. The van der Waals surface area contributed by atoms with Gasteiger partial charge >= 0.3 is 0 Å². The van der Waals surface area contributed by atoms with Crippen LogP contribution in [-0.4, -0.2) is 55.5 Å². The van der Waals surface area contributed by atoms with Gasteiger partial charge in [0, 0.05) is 24.2 Å². The number of nitrogens with zero attached hydrogens (tertiary/aromatic N) is 1. The van der Waals surface area contributed by atoms with E-state index in [0.29, 0.717) is 31.7 Å². The Morgan fingerprint density at radius 3 is 2.03 bits per heavy atom. The molecule has 2 aliphatic rings. The summed E-state index contributed by atoms with van der Waals surface area (Å²) in [6.45, 7) is 1.84. The number of hydrogen-bond donors (Lipinski definition) is 3. The first kappa shape index (κ1) is 30.0. The van der Waals surface area contributed by atoms with Crippen LogP contribution < -0.4 is 11.5 Å². The fourth-order valence-corrected chi connectivity index (χ4v) is 7.37. The normalized spacial score (nSPS) is 22.4. The molecule has 0 radical (unpaired) electrons. The zero-order valence-electron chi connectivity index (χ0n) is 20.6. The van der Waals surface area contributed by atoms with Crippen LogP contribution in [0.2, 0.25) is 0 Å². The summed E-state index contributed by atoms with van der Waals surface area (Å²) in [5.41, 5.74) is 12.2. The minimum Gasteiger partial charge on any atom is -0.369 e. The van der Waals surface area contributed by atoms with Gasteiger partial charge in [0.1, 0.15) is 11.6 Å². The molecule has 2 saturated heterocycles. The van der Waals surface area contributed by atoms with Gasteiger partial charge in [-0.05, 0) is 68.7 Å². The number of carbonyl (C=O) groups excluding carboxylic acids is 1. The number of piperidine rings is 1. The van der Waals surface area contributed by atoms with E-state index in [9.17, 15) is 34.8 Å². The Morgan fingerprint density at radius 2 is 1.53 bits per heavy atom. The molecule has 0 saturated carbocycles. The van der Waals surface area contributed by atoms with E-state index in [2.05, 4.69) is 0 Å². The first-order chi connectivity index (χ1) is 17.6. The number of nitrogens with two attached hydrogens (primary N) is 2. The van der Waals surface area contributed by atoms with Gasteiger partial charge in [0.05, 0.1) is 4.90 Å². The Kier molecular flexibility index (Phi) is 9.24. The van der Waals surface area contributed by atoms with Gasteiger partial charge in [-0.2, -0.15) is 12.7 Å². The van der Waals surface area contributed by atoms with Crippen molar-refractivity contribution in [2.24, 2.45) is 17.4 Å². The molecule has 2 fully saturated rings. The van der Waals surface area contributed by atoms with E-state index in [4.69, 9.17) is 16.0 Å².